The van der Waals surface area contributed by atoms with Crippen LogP contribution in [-0.2, 0) is 14.8 Å². The van der Waals surface area contributed by atoms with E-state index in [0.717, 1.165) is 6.07 Å². The number of aryl methyl sites for hydroxylation is 1. The highest BCUT2D eigenvalue weighted by Crippen LogP contribution is 2.27. The first-order valence-electron chi connectivity index (χ1n) is 8.17. The SMILES string of the molecule is Cc1cc(F)ccc1S(=O)(=O)N1CCC(C(=O)N(C)C(C)C)CC1. The van der Waals surface area contributed by atoms with Gasteiger partial charge >= 0.3 is 0 Å². The lowest BCUT2D eigenvalue weighted by Crippen LogP contribution is -2.45. The Morgan fingerprint density at radius 1 is 1.29 bits per heavy atom. The molecule has 1 amide bonds. The van der Waals surface area contributed by atoms with E-state index in [9.17, 15) is 17.6 Å². The Bertz CT molecular complexity index is 711. The molecule has 1 heterocycles. The maximum atomic E-state index is 13.2. The Morgan fingerprint density at radius 3 is 2.38 bits per heavy atom. The van der Waals surface area contributed by atoms with E-state index in [-0.39, 0.29) is 22.8 Å². The summed E-state index contributed by atoms with van der Waals surface area (Å²) in [6.45, 7) is 6.11. The first-order valence-corrected chi connectivity index (χ1v) is 9.61. The number of rotatable bonds is 4. The number of amides is 1. The summed E-state index contributed by atoms with van der Waals surface area (Å²) in [6, 6.07) is 3.82. The molecule has 5 nitrogen and oxygen atoms in total. The normalized spacial score (nSPS) is 17.2. The van der Waals surface area contributed by atoms with Crippen LogP contribution in [-0.4, -0.2) is 49.7 Å². The van der Waals surface area contributed by atoms with Crippen LogP contribution in [0.5, 0.6) is 0 Å². The molecule has 134 valence electrons. The zero-order valence-electron chi connectivity index (χ0n) is 14.6. The zero-order chi connectivity index (χ0) is 18.1. The smallest absolute Gasteiger partial charge is 0.243 e. The Labute approximate surface area is 143 Å². The lowest BCUT2D eigenvalue weighted by atomic mass is 9.96. The summed E-state index contributed by atoms with van der Waals surface area (Å²) in [5.74, 6) is -0.523. The molecule has 0 saturated carbocycles. The predicted molar refractivity (Wildman–Crippen MR) is 90.5 cm³/mol. The van der Waals surface area contributed by atoms with Crippen LogP contribution >= 0.6 is 0 Å². The Morgan fingerprint density at radius 2 is 1.88 bits per heavy atom. The van der Waals surface area contributed by atoms with Crippen molar-refractivity contribution in [2.45, 2.75) is 44.6 Å². The van der Waals surface area contributed by atoms with E-state index in [2.05, 4.69) is 0 Å². The quantitative estimate of drug-likeness (QED) is 0.832. The fourth-order valence-corrected chi connectivity index (χ4v) is 4.60. The van der Waals surface area contributed by atoms with Crippen LogP contribution in [0.3, 0.4) is 0 Å². The summed E-state index contributed by atoms with van der Waals surface area (Å²) >= 11 is 0. The molecule has 0 aromatic heterocycles. The average molecular weight is 356 g/mol. The van der Waals surface area contributed by atoms with E-state index >= 15 is 0 Å². The number of carbonyl (C=O) groups is 1. The van der Waals surface area contributed by atoms with Crippen LogP contribution in [0.1, 0.15) is 32.3 Å². The molecule has 0 atom stereocenters. The van der Waals surface area contributed by atoms with Gasteiger partial charge in [-0.3, -0.25) is 4.79 Å². The van der Waals surface area contributed by atoms with Gasteiger partial charge in [0.2, 0.25) is 15.9 Å². The molecule has 1 aliphatic heterocycles. The van der Waals surface area contributed by atoms with Crippen molar-refractivity contribution in [3.63, 3.8) is 0 Å². The number of halogens is 1. The van der Waals surface area contributed by atoms with E-state index < -0.39 is 15.8 Å². The second kappa shape index (κ2) is 7.19. The van der Waals surface area contributed by atoms with Gasteiger partial charge in [0, 0.05) is 32.1 Å². The molecule has 1 saturated heterocycles. The van der Waals surface area contributed by atoms with Crippen molar-refractivity contribution >= 4 is 15.9 Å². The summed E-state index contributed by atoms with van der Waals surface area (Å²) in [6.07, 6.45) is 1.02. The van der Waals surface area contributed by atoms with E-state index in [1.807, 2.05) is 13.8 Å². The fourth-order valence-electron chi connectivity index (χ4n) is 2.93. The Kier molecular flexibility index (Phi) is 5.65. The van der Waals surface area contributed by atoms with Crippen molar-refractivity contribution in [1.82, 2.24) is 9.21 Å². The van der Waals surface area contributed by atoms with Crippen molar-refractivity contribution in [3.05, 3.63) is 29.6 Å². The lowest BCUT2D eigenvalue weighted by molar-refractivity contribution is -0.136. The first-order chi connectivity index (χ1) is 11.1. The number of piperidine rings is 1. The molecule has 1 aliphatic rings. The van der Waals surface area contributed by atoms with E-state index in [0.29, 0.717) is 31.5 Å². The van der Waals surface area contributed by atoms with Crippen molar-refractivity contribution in [1.29, 1.82) is 0 Å². The summed E-state index contributed by atoms with van der Waals surface area (Å²) < 4.78 is 40.1. The third kappa shape index (κ3) is 3.78. The predicted octanol–water partition coefficient (Wildman–Crippen LogP) is 2.40. The maximum absolute atomic E-state index is 13.2. The Balaban J connectivity index is 2.10. The van der Waals surface area contributed by atoms with Gasteiger partial charge < -0.3 is 4.90 Å². The number of nitrogens with zero attached hydrogens (tertiary/aromatic N) is 2. The van der Waals surface area contributed by atoms with Gasteiger partial charge in [0.15, 0.2) is 0 Å². The topological polar surface area (TPSA) is 57.7 Å². The number of sulfonamides is 1. The summed E-state index contributed by atoms with van der Waals surface area (Å²) in [7, 11) is -1.88. The monoisotopic (exact) mass is 356 g/mol. The molecule has 0 radical (unpaired) electrons. The minimum Gasteiger partial charge on any atom is -0.343 e. The molecule has 24 heavy (non-hydrogen) atoms. The van der Waals surface area contributed by atoms with Crippen molar-refractivity contribution in [2.75, 3.05) is 20.1 Å². The highest BCUT2D eigenvalue weighted by molar-refractivity contribution is 7.89. The van der Waals surface area contributed by atoms with Crippen molar-refractivity contribution in [2.24, 2.45) is 5.92 Å². The average Bonchev–Trinajstić information content (AvgIpc) is 2.53. The highest BCUT2D eigenvalue weighted by atomic mass is 32.2. The highest BCUT2D eigenvalue weighted by Gasteiger charge is 2.34. The third-order valence-electron chi connectivity index (χ3n) is 4.68. The first kappa shape index (κ1) is 18.9. The van der Waals surface area contributed by atoms with Gasteiger partial charge in [-0.25, -0.2) is 12.8 Å². The third-order valence-corrected chi connectivity index (χ3v) is 6.74. The van der Waals surface area contributed by atoms with Gasteiger partial charge in [0.25, 0.3) is 0 Å². The molecule has 0 aliphatic carbocycles. The van der Waals surface area contributed by atoms with Crippen LogP contribution in [0.15, 0.2) is 23.1 Å². The van der Waals surface area contributed by atoms with E-state index in [1.165, 1.54) is 16.4 Å². The maximum Gasteiger partial charge on any atom is 0.243 e. The molecule has 0 N–H and O–H groups in total. The van der Waals surface area contributed by atoms with E-state index in [4.69, 9.17) is 0 Å². The van der Waals surface area contributed by atoms with Crippen molar-refractivity contribution in [3.8, 4) is 0 Å². The van der Waals surface area contributed by atoms with Crippen LogP contribution in [0, 0.1) is 18.7 Å². The second-order valence-corrected chi connectivity index (χ2v) is 8.54. The number of hydrogen-bond donors (Lipinski definition) is 0. The molecule has 1 fully saturated rings. The molecular weight excluding hydrogens is 331 g/mol. The van der Waals surface area contributed by atoms with Crippen molar-refractivity contribution < 1.29 is 17.6 Å². The van der Waals surface area contributed by atoms with Gasteiger partial charge in [0.05, 0.1) is 4.90 Å². The number of benzene rings is 1. The minimum atomic E-state index is -3.65. The van der Waals surface area contributed by atoms with Gasteiger partial charge in [-0.15, -0.1) is 0 Å². The van der Waals surface area contributed by atoms with E-state index in [1.54, 1.807) is 18.9 Å². The summed E-state index contributed by atoms with van der Waals surface area (Å²) in [5, 5.41) is 0. The van der Waals surface area contributed by atoms with Gasteiger partial charge in [-0.2, -0.15) is 4.31 Å². The molecule has 1 aromatic rings. The lowest BCUT2D eigenvalue weighted by Gasteiger charge is -2.33. The summed E-state index contributed by atoms with van der Waals surface area (Å²) in [4.78, 5) is 14.2. The van der Waals surface area contributed by atoms with Crippen LogP contribution in [0.4, 0.5) is 4.39 Å². The van der Waals surface area contributed by atoms with Gasteiger partial charge in [0.1, 0.15) is 5.82 Å². The second-order valence-electron chi connectivity index (χ2n) is 6.63. The molecule has 0 bridgehead atoms. The molecular formula is C17H25FN2O3S. The molecule has 7 heteroatoms. The van der Waals surface area contributed by atoms with Crippen LogP contribution in [0.25, 0.3) is 0 Å². The molecule has 2 rings (SSSR count). The molecule has 0 spiro atoms. The van der Waals surface area contributed by atoms with Gasteiger partial charge in [-0.1, -0.05) is 0 Å². The van der Waals surface area contributed by atoms with Gasteiger partial charge in [-0.05, 0) is 57.4 Å². The fraction of sp³-hybridized carbons (Fsp3) is 0.588. The minimum absolute atomic E-state index is 0.0695. The standard InChI is InChI=1S/C17H25FN2O3S/c1-12(2)19(4)17(21)14-7-9-20(10-8-14)24(22,23)16-6-5-15(18)11-13(16)3/h5-6,11-12,14H,7-10H2,1-4H3. The number of carbonyl (C=O) groups excluding carboxylic acids is 1. The molecule has 1 aromatic carbocycles. The largest absolute Gasteiger partial charge is 0.343 e. The zero-order valence-corrected chi connectivity index (χ0v) is 15.4. The molecule has 0 unspecified atom stereocenters. The van der Waals surface area contributed by atoms with Crippen LogP contribution in [0.2, 0.25) is 0 Å². The number of hydrogen-bond acceptors (Lipinski definition) is 3. The Hall–Kier alpha value is -1.47. The van der Waals surface area contributed by atoms with Crippen LogP contribution < -0.4 is 0 Å². The summed E-state index contributed by atoms with van der Waals surface area (Å²) in [5.41, 5.74) is 0.396.